The van der Waals surface area contributed by atoms with E-state index in [1.165, 1.54) is 12.1 Å². The monoisotopic (exact) mass is 542 g/mol. The molecule has 3 rings (SSSR count). The van der Waals surface area contributed by atoms with Gasteiger partial charge in [-0.2, -0.15) is 0 Å². The maximum atomic E-state index is 11.0. The van der Waals surface area contributed by atoms with Crippen molar-refractivity contribution in [2.75, 3.05) is 13.2 Å². The lowest BCUT2D eigenvalue weighted by molar-refractivity contribution is -0.384. The highest BCUT2D eigenvalue weighted by atomic mass is 32.3. The fourth-order valence-electron chi connectivity index (χ4n) is 3.67. The molecule has 2 aliphatic rings. The van der Waals surface area contributed by atoms with Crippen LogP contribution in [0.25, 0.3) is 0 Å². The average Bonchev–Trinajstić information content (AvgIpc) is 2.82. The molecule has 0 spiro atoms. The predicted octanol–water partition coefficient (Wildman–Crippen LogP) is -3.92. The summed E-state index contributed by atoms with van der Waals surface area (Å²) in [5.41, 5.74) is -0.237. The van der Waals surface area contributed by atoms with E-state index in [9.17, 15) is 53.7 Å². The van der Waals surface area contributed by atoms with Crippen molar-refractivity contribution in [1.29, 1.82) is 0 Å². The second kappa shape index (κ2) is 11.5. The molecule has 2 aliphatic heterocycles. The Morgan fingerprint density at radius 1 is 0.861 bits per heavy atom. The smallest absolute Gasteiger partial charge is 0.269 e. The summed E-state index contributed by atoms with van der Waals surface area (Å²) >= 11 is 0. The van der Waals surface area contributed by atoms with Gasteiger partial charge in [0, 0.05) is 12.1 Å². The molecule has 36 heavy (non-hydrogen) atoms. The number of hydrogen-bond acceptors (Lipinski definition) is 16. The Hall–Kier alpha value is -2.07. The zero-order valence-corrected chi connectivity index (χ0v) is 18.9. The van der Waals surface area contributed by atoms with Gasteiger partial charge in [0.2, 0.25) is 16.7 Å². The molecule has 18 heteroatoms. The Labute approximate surface area is 203 Å². The Balaban J connectivity index is 1.75. The molecule has 6 N–H and O–H groups in total. The molecule has 17 nitrogen and oxygen atoms in total. The van der Waals surface area contributed by atoms with Crippen molar-refractivity contribution in [2.45, 2.75) is 61.4 Å². The number of aliphatic hydroxyl groups is 6. The van der Waals surface area contributed by atoms with Crippen molar-refractivity contribution in [3.63, 3.8) is 0 Å². The number of nitro groups is 1. The minimum absolute atomic E-state index is 0.0116. The zero-order chi connectivity index (χ0) is 26.8. The maximum Gasteiger partial charge on any atom is 0.269 e. The summed E-state index contributed by atoms with van der Waals surface area (Å²) in [6.45, 7) is -1.76. The SMILES string of the molecule is O=[N+]([O-])c1ccc(O[C@@H]2O[C@H](CO)[C@@H](O[C@@H]3O[C@H](CO)[C@H](O)[C@H](OS(=O)(=O)[O-])[C@H]3O)[C@H](O)[C@H]2O)cc1. The van der Waals surface area contributed by atoms with Crippen LogP contribution < -0.4 is 4.74 Å². The van der Waals surface area contributed by atoms with E-state index in [-0.39, 0.29) is 11.4 Å². The normalized spacial score (nSPS) is 37.4. The van der Waals surface area contributed by atoms with E-state index in [2.05, 4.69) is 4.18 Å². The summed E-state index contributed by atoms with van der Waals surface area (Å²) in [6.07, 6.45) is -18.2. The first-order valence-electron chi connectivity index (χ1n) is 10.3. The topological polar surface area (TPSA) is 268 Å². The van der Waals surface area contributed by atoms with Crippen LogP contribution in [0.2, 0.25) is 0 Å². The van der Waals surface area contributed by atoms with Crippen molar-refractivity contribution in [3.05, 3.63) is 34.4 Å². The van der Waals surface area contributed by atoms with Gasteiger partial charge in [-0.05, 0) is 12.1 Å². The lowest BCUT2D eigenvalue weighted by Crippen LogP contribution is -2.65. The van der Waals surface area contributed by atoms with Crippen LogP contribution in [0.4, 0.5) is 5.69 Å². The quantitative estimate of drug-likeness (QED) is 0.0752. The maximum absolute atomic E-state index is 11.0. The van der Waals surface area contributed by atoms with Gasteiger partial charge in [0.05, 0.1) is 18.1 Å². The fourth-order valence-corrected chi connectivity index (χ4v) is 4.17. The van der Waals surface area contributed by atoms with Crippen molar-refractivity contribution in [3.8, 4) is 5.75 Å². The molecule has 204 valence electrons. The van der Waals surface area contributed by atoms with E-state index in [4.69, 9.17) is 18.9 Å². The van der Waals surface area contributed by atoms with Gasteiger partial charge >= 0.3 is 0 Å². The molecule has 2 fully saturated rings. The summed E-state index contributed by atoms with van der Waals surface area (Å²) in [7, 11) is -5.43. The van der Waals surface area contributed by atoms with E-state index >= 15 is 0 Å². The number of nitro benzene ring substituents is 1. The standard InChI is InChI=1S/C18H25NO16S/c20-5-9-11(22)16(35-36(28,29)30)14(25)18(32-9)34-15-10(6-21)33-17(13(24)12(15)23)31-8-3-1-7(2-4-8)19(26)27/h1-4,9-18,20-25H,5-6H2,(H,28,29,30)/p-1/t9-,10-,11+,12-,13-,14-,15-,16+,17-,18+/m1/s1. The van der Waals surface area contributed by atoms with Crippen molar-refractivity contribution in [1.82, 2.24) is 0 Å². The molecule has 0 amide bonds. The first kappa shape index (κ1) is 28.5. The van der Waals surface area contributed by atoms with Crippen LogP contribution in [0, 0.1) is 10.1 Å². The lowest BCUT2D eigenvalue weighted by atomic mass is 9.97. The summed E-state index contributed by atoms with van der Waals surface area (Å²) in [6, 6.07) is 4.64. The predicted molar refractivity (Wildman–Crippen MR) is 109 cm³/mol. The fraction of sp³-hybridized carbons (Fsp3) is 0.667. The highest BCUT2D eigenvalue weighted by molar-refractivity contribution is 7.80. The van der Waals surface area contributed by atoms with Crippen LogP contribution in [0.5, 0.6) is 5.75 Å². The number of non-ortho nitro benzene ring substituents is 1. The lowest BCUT2D eigenvalue weighted by Gasteiger charge is -2.46. The highest BCUT2D eigenvalue weighted by Gasteiger charge is 2.52. The van der Waals surface area contributed by atoms with Crippen LogP contribution in [0.1, 0.15) is 0 Å². The van der Waals surface area contributed by atoms with Crippen molar-refractivity contribution >= 4 is 16.1 Å². The molecule has 0 aromatic heterocycles. The van der Waals surface area contributed by atoms with Gasteiger partial charge in [-0.25, -0.2) is 8.42 Å². The van der Waals surface area contributed by atoms with E-state index in [1.807, 2.05) is 0 Å². The summed E-state index contributed by atoms with van der Waals surface area (Å²) in [5.74, 6) is 0.0116. The van der Waals surface area contributed by atoms with Gasteiger partial charge in [-0.3, -0.25) is 14.3 Å². The Kier molecular flexibility index (Phi) is 9.14. The van der Waals surface area contributed by atoms with Crippen LogP contribution in [0.3, 0.4) is 0 Å². The molecule has 1 aromatic rings. The molecular weight excluding hydrogens is 518 g/mol. The molecule has 0 unspecified atom stereocenters. The van der Waals surface area contributed by atoms with Crippen LogP contribution in [-0.4, -0.2) is 123 Å². The van der Waals surface area contributed by atoms with Crippen LogP contribution in [-0.2, 0) is 28.8 Å². The molecule has 0 bridgehead atoms. The number of aliphatic hydroxyl groups excluding tert-OH is 6. The first-order chi connectivity index (χ1) is 16.9. The molecular formula is C18H24NO16S-. The molecule has 0 radical (unpaired) electrons. The van der Waals surface area contributed by atoms with Crippen LogP contribution in [0.15, 0.2) is 24.3 Å². The number of hydrogen-bond donors (Lipinski definition) is 6. The Bertz CT molecular complexity index is 989. The first-order valence-corrected chi connectivity index (χ1v) is 11.6. The van der Waals surface area contributed by atoms with Gasteiger partial charge < -0.3 is 54.1 Å². The van der Waals surface area contributed by atoms with Crippen LogP contribution >= 0.6 is 0 Å². The largest absolute Gasteiger partial charge is 0.726 e. The molecule has 0 aliphatic carbocycles. The Morgan fingerprint density at radius 2 is 1.44 bits per heavy atom. The van der Waals surface area contributed by atoms with E-state index in [1.54, 1.807) is 0 Å². The number of rotatable bonds is 9. The number of ether oxygens (including phenoxy) is 4. The minimum atomic E-state index is -5.43. The van der Waals surface area contributed by atoms with E-state index in [0.717, 1.165) is 12.1 Å². The molecule has 2 heterocycles. The highest BCUT2D eigenvalue weighted by Crippen LogP contribution is 2.31. The third-order valence-corrected chi connectivity index (χ3v) is 5.92. The molecule has 10 atom stereocenters. The van der Waals surface area contributed by atoms with E-state index < -0.39 is 89.9 Å². The average molecular weight is 542 g/mol. The summed E-state index contributed by atoms with van der Waals surface area (Å²) in [5, 5.41) is 71.4. The second-order valence-electron chi connectivity index (χ2n) is 7.85. The summed E-state index contributed by atoms with van der Waals surface area (Å²) in [4.78, 5) is 10.1. The molecule has 0 saturated carbocycles. The molecule has 2 saturated heterocycles. The Morgan fingerprint density at radius 3 is 1.97 bits per heavy atom. The third-order valence-electron chi connectivity index (χ3n) is 5.46. The second-order valence-corrected chi connectivity index (χ2v) is 8.86. The van der Waals surface area contributed by atoms with Gasteiger partial charge in [0.1, 0.15) is 54.6 Å². The summed E-state index contributed by atoms with van der Waals surface area (Å²) < 4.78 is 58.5. The third kappa shape index (κ3) is 6.43. The minimum Gasteiger partial charge on any atom is -0.726 e. The van der Waals surface area contributed by atoms with Gasteiger partial charge in [0.25, 0.3) is 5.69 Å². The van der Waals surface area contributed by atoms with Crippen molar-refractivity contribution < 1.29 is 71.7 Å². The van der Waals surface area contributed by atoms with Gasteiger partial charge in [-0.15, -0.1) is 0 Å². The van der Waals surface area contributed by atoms with Gasteiger partial charge in [0.15, 0.2) is 6.29 Å². The number of benzene rings is 1. The number of nitrogens with zero attached hydrogens (tertiary/aromatic N) is 1. The zero-order valence-electron chi connectivity index (χ0n) is 18.1. The van der Waals surface area contributed by atoms with Crippen molar-refractivity contribution in [2.24, 2.45) is 0 Å². The van der Waals surface area contributed by atoms with Gasteiger partial charge in [-0.1, -0.05) is 0 Å². The van der Waals surface area contributed by atoms with E-state index in [0.29, 0.717) is 0 Å². The molecule has 1 aromatic carbocycles.